The Hall–Kier alpha value is -1.30. The van der Waals surface area contributed by atoms with Crippen LogP contribution in [0.3, 0.4) is 0 Å². The van der Waals surface area contributed by atoms with Crippen molar-refractivity contribution in [2.75, 3.05) is 40.5 Å². The summed E-state index contributed by atoms with van der Waals surface area (Å²) < 4.78 is 16.8. The van der Waals surface area contributed by atoms with Gasteiger partial charge in [-0.3, -0.25) is 0 Å². The normalized spacial score (nSPS) is 21.5. The molecular weight excluding hydrogens is 258 g/mol. The molecule has 1 heterocycles. The quantitative estimate of drug-likeness (QED) is 0.885. The minimum Gasteiger partial charge on any atom is -0.493 e. The predicted octanol–water partition coefficient (Wildman–Crippen LogP) is 1.46. The lowest BCUT2D eigenvalue weighted by molar-refractivity contribution is -0.0406. The van der Waals surface area contributed by atoms with Crippen molar-refractivity contribution in [3.05, 3.63) is 23.8 Å². The van der Waals surface area contributed by atoms with Gasteiger partial charge in [-0.1, -0.05) is 6.07 Å². The number of nitrogens with zero attached hydrogens (tertiary/aromatic N) is 1. The Labute approximate surface area is 120 Å². The summed E-state index contributed by atoms with van der Waals surface area (Å²) in [7, 11) is 3.67. The maximum absolute atomic E-state index is 9.58. The van der Waals surface area contributed by atoms with E-state index in [2.05, 4.69) is 11.9 Å². The smallest absolute Gasteiger partial charge is 0.161 e. The van der Waals surface area contributed by atoms with E-state index in [0.29, 0.717) is 18.1 Å². The van der Waals surface area contributed by atoms with Crippen molar-refractivity contribution in [3.8, 4) is 11.5 Å². The Morgan fingerprint density at radius 3 is 2.90 bits per heavy atom. The molecule has 0 bridgehead atoms. The molecule has 0 saturated carbocycles. The molecule has 1 saturated heterocycles. The summed E-state index contributed by atoms with van der Waals surface area (Å²) in [5.41, 5.74) is 0.808. The second-order valence-electron chi connectivity index (χ2n) is 5.15. The Bertz CT molecular complexity index is 436. The number of aliphatic hydroxyl groups excluding tert-OH is 1. The van der Waals surface area contributed by atoms with Crippen LogP contribution in [0.15, 0.2) is 18.2 Å². The van der Waals surface area contributed by atoms with Crippen molar-refractivity contribution in [2.24, 2.45) is 0 Å². The van der Waals surface area contributed by atoms with Crippen LogP contribution in [0, 0.1) is 0 Å². The molecule has 1 aliphatic heterocycles. The van der Waals surface area contributed by atoms with Crippen molar-refractivity contribution in [2.45, 2.75) is 19.1 Å². The molecule has 1 aromatic rings. The van der Waals surface area contributed by atoms with Crippen LogP contribution in [0.2, 0.25) is 0 Å². The van der Waals surface area contributed by atoms with Crippen molar-refractivity contribution in [1.82, 2.24) is 4.90 Å². The highest BCUT2D eigenvalue weighted by Crippen LogP contribution is 2.30. The first-order chi connectivity index (χ1) is 9.60. The Balaban J connectivity index is 1.98. The molecule has 2 atom stereocenters. The molecule has 5 heteroatoms. The lowest BCUT2D eigenvalue weighted by Gasteiger charge is -2.30. The molecule has 112 valence electrons. The van der Waals surface area contributed by atoms with Crippen LogP contribution in [0.5, 0.6) is 11.5 Å². The lowest BCUT2D eigenvalue weighted by atomic mass is 10.1. The van der Waals surface area contributed by atoms with Crippen LogP contribution in [-0.2, 0) is 4.74 Å². The van der Waals surface area contributed by atoms with E-state index in [9.17, 15) is 5.11 Å². The van der Waals surface area contributed by atoms with E-state index in [-0.39, 0.29) is 6.10 Å². The average molecular weight is 281 g/mol. The first-order valence-electron chi connectivity index (χ1n) is 6.89. The molecule has 0 aromatic heterocycles. The molecule has 20 heavy (non-hydrogen) atoms. The number of benzene rings is 1. The van der Waals surface area contributed by atoms with Crippen molar-refractivity contribution < 1.29 is 19.3 Å². The number of hydrogen-bond acceptors (Lipinski definition) is 5. The third-order valence-electron chi connectivity index (χ3n) is 3.44. The van der Waals surface area contributed by atoms with Gasteiger partial charge in [0.1, 0.15) is 12.7 Å². The van der Waals surface area contributed by atoms with Gasteiger partial charge in [0.15, 0.2) is 11.5 Å². The number of morpholine rings is 1. The number of methoxy groups -OCH3 is 1. The van der Waals surface area contributed by atoms with Crippen LogP contribution in [0.25, 0.3) is 0 Å². The summed E-state index contributed by atoms with van der Waals surface area (Å²) >= 11 is 0. The minimum atomic E-state index is -0.520. The van der Waals surface area contributed by atoms with E-state index < -0.39 is 6.10 Å². The zero-order valence-corrected chi connectivity index (χ0v) is 12.3. The van der Waals surface area contributed by atoms with Gasteiger partial charge in [-0.05, 0) is 31.7 Å². The standard InChI is InChI=1S/C15H23NO4/c1-11(17)12-4-5-14(15(8-12)18-3)20-10-13-9-16(2)6-7-19-13/h4-5,8,11,13,17H,6-7,9-10H2,1-3H3/t11-,13?/m1/s1. The first kappa shape index (κ1) is 15.1. The second-order valence-corrected chi connectivity index (χ2v) is 5.15. The fraction of sp³-hybridized carbons (Fsp3) is 0.600. The molecule has 2 rings (SSSR count). The summed E-state index contributed by atoms with van der Waals surface area (Å²) in [6.07, 6.45) is -0.442. The van der Waals surface area contributed by atoms with Gasteiger partial charge in [-0.25, -0.2) is 0 Å². The summed E-state index contributed by atoms with van der Waals surface area (Å²) in [6, 6.07) is 5.47. The molecule has 0 amide bonds. The first-order valence-corrected chi connectivity index (χ1v) is 6.89. The van der Waals surface area contributed by atoms with E-state index >= 15 is 0 Å². The Morgan fingerprint density at radius 2 is 2.25 bits per heavy atom. The Kier molecular flexibility index (Phi) is 5.23. The van der Waals surface area contributed by atoms with Gasteiger partial charge in [-0.2, -0.15) is 0 Å². The summed E-state index contributed by atoms with van der Waals surface area (Å²) in [6.45, 7) is 4.79. The predicted molar refractivity (Wildman–Crippen MR) is 76.4 cm³/mol. The Morgan fingerprint density at radius 1 is 1.45 bits per heavy atom. The fourth-order valence-electron chi connectivity index (χ4n) is 2.21. The molecule has 0 radical (unpaired) electrons. The highest BCUT2D eigenvalue weighted by Gasteiger charge is 2.19. The van der Waals surface area contributed by atoms with Crippen LogP contribution >= 0.6 is 0 Å². The van der Waals surface area contributed by atoms with Crippen molar-refractivity contribution >= 4 is 0 Å². The van der Waals surface area contributed by atoms with Gasteiger partial charge >= 0.3 is 0 Å². The topological polar surface area (TPSA) is 51.2 Å². The van der Waals surface area contributed by atoms with E-state index in [0.717, 1.165) is 25.3 Å². The molecule has 0 aliphatic carbocycles. The van der Waals surface area contributed by atoms with E-state index in [4.69, 9.17) is 14.2 Å². The maximum atomic E-state index is 9.58. The second kappa shape index (κ2) is 6.92. The van der Waals surface area contributed by atoms with Gasteiger partial charge in [-0.15, -0.1) is 0 Å². The van der Waals surface area contributed by atoms with Crippen LogP contribution in [0.4, 0.5) is 0 Å². The fourth-order valence-corrected chi connectivity index (χ4v) is 2.21. The van der Waals surface area contributed by atoms with Gasteiger partial charge in [0, 0.05) is 13.1 Å². The van der Waals surface area contributed by atoms with Gasteiger partial charge < -0.3 is 24.2 Å². The monoisotopic (exact) mass is 281 g/mol. The summed E-state index contributed by atoms with van der Waals surface area (Å²) in [5.74, 6) is 1.31. The summed E-state index contributed by atoms with van der Waals surface area (Å²) in [5, 5.41) is 9.58. The number of hydrogen-bond donors (Lipinski definition) is 1. The lowest BCUT2D eigenvalue weighted by Crippen LogP contribution is -2.42. The van der Waals surface area contributed by atoms with Crippen molar-refractivity contribution in [1.29, 1.82) is 0 Å². The number of rotatable bonds is 5. The van der Waals surface area contributed by atoms with E-state index in [1.807, 2.05) is 12.1 Å². The van der Waals surface area contributed by atoms with E-state index in [1.54, 1.807) is 20.1 Å². The van der Waals surface area contributed by atoms with Gasteiger partial charge in [0.2, 0.25) is 0 Å². The van der Waals surface area contributed by atoms with Crippen LogP contribution < -0.4 is 9.47 Å². The van der Waals surface area contributed by atoms with Gasteiger partial charge in [0.05, 0.1) is 19.8 Å². The molecule has 1 N–H and O–H groups in total. The molecule has 5 nitrogen and oxygen atoms in total. The molecule has 1 aromatic carbocycles. The molecule has 0 spiro atoms. The SMILES string of the molecule is COc1cc([C@@H](C)O)ccc1OCC1CN(C)CCO1. The average Bonchev–Trinajstić information content (AvgIpc) is 2.45. The third kappa shape index (κ3) is 3.85. The number of aliphatic hydroxyl groups is 1. The van der Waals surface area contributed by atoms with Crippen molar-refractivity contribution in [3.63, 3.8) is 0 Å². The molecule has 1 aliphatic rings. The van der Waals surface area contributed by atoms with Crippen LogP contribution in [-0.4, -0.2) is 56.6 Å². The number of likely N-dealkylation sites (N-methyl/N-ethyl adjacent to an activating group) is 1. The van der Waals surface area contributed by atoms with E-state index in [1.165, 1.54) is 0 Å². The maximum Gasteiger partial charge on any atom is 0.161 e. The minimum absolute atomic E-state index is 0.0786. The summed E-state index contributed by atoms with van der Waals surface area (Å²) in [4.78, 5) is 2.23. The highest BCUT2D eigenvalue weighted by atomic mass is 16.5. The molecular formula is C15H23NO4. The molecule has 1 unspecified atom stereocenters. The molecule has 1 fully saturated rings. The largest absolute Gasteiger partial charge is 0.493 e. The third-order valence-corrected chi connectivity index (χ3v) is 3.44. The zero-order valence-electron chi connectivity index (χ0n) is 12.3. The van der Waals surface area contributed by atoms with Crippen LogP contribution in [0.1, 0.15) is 18.6 Å². The van der Waals surface area contributed by atoms with Gasteiger partial charge in [0.25, 0.3) is 0 Å². The number of ether oxygens (including phenoxy) is 3. The zero-order chi connectivity index (χ0) is 14.5. The highest BCUT2D eigenvalue weighted by molar-refractivity contribution is 5.43.